The van der Waals surface area contributed by atoms with E-state index in [0.717, 1.165) is 41.0 Å². The van der Waals surface area contributed by atoms with Gasteiger partial charge in [-0.25, -0.2) is 0 Å². The van der Waals surface area contributed by atoms with Crippen molar-refractivity contribution >= 4 is 34.2 Å². The number of halogens is 4. The van der Waals surface area contributed by atoms with Crippen molar-refractivity contribution in [1.29, 1.82) is 0 Å². The van der Waals surface area contributed by atoms with E-state index in [4.69, 9.17) is 16.3 Å². The van der Waals surface area contributed by atoms with Gasteiger partial charge < -0.3 is 15.4 Å². The summed E-state index contributed by atoms with van der Waals surface area (Å²) in [7, 11) is 1.61. The minimum Gasteiger partial charge on any atom is -0.497 e. The molecule has 176 valence electrons. The van der Waals surface area contributed by atoms with E-state index < -0.39 is 17.6 Å². The van der Waals surface area contributed by atoms with Crippen molar-refractivity contribution in [2.24, 2.45) is 5.92 Å². The maximum absolute atomic E-state index is 12.9. The van der Waals surface area contributed by atoms with E-state index >= 15 is 0 Å². The fraction of sp³-hybridized carbons (Fsp3) is 0.391. The molecule has 1 amide bonds. The molecule has 1 heterocycles. The molecule has 3 N–H and O–H groups in total. The number of carbonyl (C=O) groups is 1. The summed E-state index contributed by atoms with van der Waals surface area (Å²) < 4.78 is 44.0. The molecule has 2 aromatic carbocycles. The Hall–Kier alpha value is -2.94. The summed E-state index contributed by atoms with van der Waals surface area (Å²) in [5.41, 5.74) is -0.00991. The molecule has 0 aliphatic heterocycles. The predicted octanol–water partition coefficient (Wildman–Crippen LogP) is 5.21. The molecule has 6 nitrogen and oxygen atoms in total. The molecule has 4 rings (SSSR count). The third-order valence-corrected chi connectivity index (χ3v) is 6.46. The van der Waals surface area contributed by atoms with E-state index in [-0.39, 0.29) is 22.9 Å². The van der Waals surface area contributed by atoms with Gasteiger partial charge in [-0.2, -0.15) is 18.3 Å². The zero-order chi connectivity index (χ0) is 23.6. The first kappa shape index (κ1) is 23.2. The number of H-pyrrole nitrogens is 1. The number of anilines is 1. The third kappa shape index (κ3) is 5.35. The first-order valence-corrected chi connectivity index (χ1v) is 11.1. The maximum Gasteiger partial charge on any atom is 0.416 e. The lowest BCUT2D eigenvalue weighted by molar-refractivity contribution is -0.137. The van der Waals surface area contributed by atoms with Gasteiger partial charge in [0.1, 0.15) is 5.75 Å². The van der Waals surface area contributed by atoms with Gasteiger partial charge in [-0.1, -0.05) is 6.07 Å². The lowest BCUT2D eigenvalue weighted by atomic mass is 9.85. The molecule has 0 saturated heterocycles. The fourth-order valence-corrected chi connectivity index (χ4v) is 4.58. The first-order chi connectivity index (χ1) is 15.7. The van der Waals surface area contributed by atoms with Crippen molar-refractivity contribution in [3.63, 3.8) is 0 Å². The predicted molar refractivity (Wildman–Crippen MR) is 121 cm³/mol. The molecule has 0 radical (unpaired) electrons. The summed E-state index contributed by atoms with van der Waals surface area (Å²) in [4.78, 5) is 12.5. The lowest BCUT2D eigenvalue weighted by Crippen LogP contribution is -2.45. The molecule has 3 atom stereocenters. The minimum atomic E-state index is -4.50. The van der Waals surface area contributed by atoms with Crippen LogP contribution in [0, 0.1) is 5.92 Å². The molecule has 0 bridgehead atoms. The van der Waals surface area contributed by atoms with Crippen LogP contribution in [-0.4, -0.2) is 41.2 Å². The Morgan fingerprint density at radius 3 is 2.79 bits per heavy atom. The number of nitrogens with one attached hydrogen (secondary N) is 3. The fourth-order valence-electron chi connectivity index (χ4n) is 4.13. The third-order valence-electron chi connectivity index (χ3n) is 5.98. The molecule has 1 saturated carbocycles. The topological polar surface area (TPSA) is 79.0 Å². The Morgan fingerprint density at radius 2 is 2.06 bits per heavy atom. The minimum absolute atomic E-state index is 0.0282. The second-order valence-corrected chi connectivity index (χ2v) is 8.78. The summed E-state index contributed by atoms with van der Waals surface area (Å²) in [6.45, 7) is 0.670. The largest absolute Gasteiger partial charge is 0.497 e. The lowest BCUT2D eigenvalue weighted by Gasteiger charge is -2.33. The average molecular weight is 481 g/mol. The Morgan fingerprint density at radius 1 is 1.24 bits per heavy atom. The number of hydrogen-bond acceptors (Lipinski definition) is 4. The molecule has 1 fully saturated rings. The van der Waals surface area contributed by atoms with E-state index in [1.54, 1.807) is 7.11 Å². The van der Waals surface area contributed by atoms with Crippen LogP contribution < -0.4 is 15.4 Å². The second kappa shape index (κ2) is 9.51. The van der Waals surface area contributed by atoms with Crippen LogP contribution in [-0.2, 0) is 6.18 Å². The number of benzene rings is 2. The molecule has 1 aromatic heterocycles. The Kier molecular flexibility index (Phi) is 6.69. The van der Waals surface area contributed by atoms with E-state index in [9.17, 15) is 18.0 Å². The molecular weight excluding hydrogens is 457 g/mol. The number of carbonyl (C=O) groups excluding carboxylic acids is 1. The number of aromatic nitrogens is 2. The molecular formula is C23H24ClF3N4O2. The Balaban J connectivity index is 1.31. The van der Waals surface area contributed by atoms with Crippen molar-refractivity contribution in [3.05, 3.63) is 53.6 Å². The summed E-state index contributed by atoms with van der Waals surface area (Å²) in [6, 6.07) is 9.78. The normalized spacial score (nSPS) is 21.1. The van der Waals surface area contributed by atoms with Crippen molar-refractivity contribution in [1.82, 2.24) is 15.5 Å². The van der Waals surface area contributed by atoms with Crippen molar-refractivity contribution in [2.75, 3.05) is 19.0 Å². The molecule has 1 aliphatic carbocycles. The van der Waals surface area contributed by atoms with E-state index in [1.807, 2.05) is 18.2 Å². The van der Waals surface area contributed by atoms with Gasteiger partial charge in [0.25, 0.3) is 5.91 Å². The number of alkyl halides is 4. The smallest absolute Gasteiger partial charge is 0.416 e. The molecule has 33 heavy (non-hydrogen) atoms. The van der Waals surface area contributed by atoms with Gasteiger partial charge in [0.2, 0.25) is 0 Å². The van der Waals surface area contributed by atoms with Gasteiger partial charge in [-0.3, -0.25) is 9.89 Å². The highest BCUT2D eigenvalue weighted by molar-refractivity contribution is 6.21. The van der Waals surface area contributed by atoms with Crippen LogP contribution in [0.15, 0.2) is 42.5 Å². The van der Waals surface area contributed by atoms with E-state index in [0.29, 0.717) is 19.4 Å². The second-order valence-electron chi connectivity index (χ2n) is 8.22. The summed E-state index contributed by atoms with van der Waals surface area (Å²) >= 11 is 6.54. The summed E-state index contributed by atoms with van der Waals surface area (Å²) in [5, 5.41) is 14.1. The van der Waals surface area contributed by atoms with Crippen molar-refractivity contribution < 1.29 is 22.7 Å². The zero-order valence-corrected chi connectivity index (χ0v) is 18.6. The van der Waals surface area contributed by atoms with E-state index in [2.05, 4.69) is 20.8 Å². The quantitative estimate of drug-likeness (QED) is 0.423. The van der Waals surface area contributed by atoms with Crippen molar-refractivity contribution in [2.45, 2.75) is 36.9 Å². The highest BCUT2D eigenvalue weighted by Gasteiger charge is 2.33. The van der Waals surface area contributed by atoms with Gasteiger partial charge in [0.15, 0.2) is 5.82 Å². The molecule has 1 aliphatic rings. The number of amides is 1. The standard InChI is InChI=1S/C23H24ClF3N4O2/c1-33-16-6-7-17-20(11-16)30-31-21(17)28-12-13-5-8-19(18(24)9-13)29-22(32)14-3-2-4-15(10-14)23(25,26)27/h2-4,6-7,10-11,13,18-19H,5,8-9,12H2,1H3,(H,29,32)(H2,28,30,31). The van der Waals surface area contributed by atoms with Crippen molar-refractivity contribution in [3.8, 4) is 5.75 Å². The van der Waals surface area contributed by atoms with Gasteiger partial charge in [-0.05, 0) is 55.5 Å². The van der Waals surface area contributed by atoms with E-state index in [1.165, 1.54) is 12.1 Å². The molecule has 3 aromatic rings. The van der Waals surface area contributed by atoms with Gasteiger partial charge >= 0.3 is 6.18 Å². The molecule has 0 spiro atoms. The summed E-state index contributed by atoms with van der Waals surface area (Å²) in [6.07, 6.45) is -2.37. The Bertz CT molecular complexity index is 1130. The van der Waals surface area contributed by atoms with Crippen LogP contribution in [0.5, 0.6) is 5.75 Å². The van der Waals surface area contributed by atoms with Crippen LogP contribution >= 0.6 is 11.6 Å². The number of ether oxygens (including phenoxy) is 1. The molecule has 3 unspecified atom stereocenters. The monoisotopic (exact) mass is 480 g/mol. The van der Waals surface area contributed by atoms with Crippen LogP contribution in [0.4, 0.5) is 19.0 Å². The first-order valence-electron chi connectivity index (χ1n) is 10.6. The highest BCUT2D eigenvalue weighted by Crippen LogP contribution is 2.32. The number of rotatable bonds is 6. The van der Waals surface area contributed by atoms with Gasteiger partial charge in [0.05, 0.1) is 23.6 Å². The Labute approximate surface area is 193 Å². The van der Waals surface area contributed by atoms with Crippen LogP contribution in [0.25, 0.3) is 10.9 Å². The molecule has 10 heteroatoms. The average Bonchev–Trinajstić information content (AvgIpc) is 3.21. The number of methoxy groups -OCH3 is 1. The summed E-state index contributed by atoms with van der Waals surface area (Å²) in [5.74, 6) is 1.22. The van der Waals surface area contributed by atoms with Crippen LogP contribution in [0.3, 0.4) is 0 Å². The van der Waals surface area contributed by atoms with Crippen LogP contribution in [0.1, 0.15) is 35.2 Å². The number of nitrogens with zero attached hydrogens (tertiary/aromatic N) is 1. The SMILES string of the molecule is COc1ccc2c(NCC3CCC(NC(=O)c4cccc(C(F)(F)F)c4)C(Cl)C3)n[nH]c2c1. The van der Waals surface area contributed by atoms with Gasteiger partial charge in [-0.15, -0.1) is 11.6 Å². The maximum atomic E-state index is 12.9. The van der Waals surface area contributed by atoms with Gasteiger partial charge in [0, 0.05) is 29.6 Å². The zero-order valence-electron chi connectivity index (χ0n) is 17.9. The number of fused-ring (bicyclic) bond motifs is 1. The number of hydrogen-bond donors (Lipinski definition) is 3. The van der Waals surface area contributed by atoms with Crippen LogP contribution in [0.2, 0.25) is 0 Å². The number of aromatic amines is 1. The highest BCUT2D eigenvalue weighted by atomic mass is 35.5.